The second-order valence-corrected chi connectivity index (χ2v) is 15.5. The van der Waals surface area contributed by atoms with Gasteiger partial charge in [-0.1, -0.05) is 40.5 Å². The number of carbonyl (C=O) groups is 1. The van der Waals surface area contributed by atoms with E-state index >= 15 is 0 Å². The Morgan fingerprint density at radius 1 is 1.02 bits per heavy atom. The van der Waals surface area contributed by atoms with Crippen molar-refractivity contribution >= 4 is 5.91 Å². The number of hydrogen-bond acceptors (Lipinski definition) is 6. The molecule has 9 atom stereocenters. The van der Waals surface area contributed by atoms with Gasteiger partial charge in [0.25, 0.3) is 0 Å². The average Bonchev–Trinajstić information content (AvgIpc) is 3.31. The molecule has 43 heavy (non-hydrogen) atoms. The summed E-state index contributed by atoms with van der Waals surface area (Å²) in [6.07, 6.45) is 14.4. The molecule has 0 heterocycles. The summed E-state index contributed by atoms with van der Waals surface area (Å²) in [7, 11) is 0. The van der Waals surface area contributed by atoms with Crippen LogP contribution in [-0.2, 0) is 19.0 Å². The van der Waals surface area contributed by atoms with Crippen LogP contribution in [0.1, 0.15) is 112 Å². The van der Waals surface area contributed by atoms with Crippen LogP contribution in [0.3, 0.4) is 0 Å². The Kier molecular flexibility index (Phi) is 12.1. The normalized spacial score (nSPS) is 36.3. The van der Waals surface area contributed by atoms with Crippen LogP contribution in [0.2, 0.25) is 0 Å². The predicted molar refractivity (Wildman–Crippen MR) is 171 cm³/mol. The fraction of sp³-hybridized carbons (Fsp3) is 0.917. The molecule has 0 spiro atoms. The predicted octanol–water partition coefficient (Wildman–Crippen LogP) is 6.83. The van der Waals surface area contributed by atoms with E-state index in [2.05, 4.69) is 32.2 Å². The largest absolute Gasteiger partial charge is 0.512 e. The first-order valence-electron chi connectivity index (χ1n) is 17.6. The van der Waals surface area contributed by atoms with E-state index < -0.39 is 5.60 Å². The number of amides is 1. The Bertz CT molecular complexity index is 931. The Labute approximate surface area is 261 Å². The minimum atomic E-state index is -0.575. The minimum absolute atomic E-state index is 0.0450. The summed E-state index contributed by atoms with van der Waals surface area (Å²) >= 11 is 0. The number of allylic oxidation sites excluding steroid dienone is 2. The highest BCUT2D eigenvalue weighted by Crippen LogP contribution is 2.68. The lowest BCUT2D eigenvalue weighted by Gasteiger charge is -2.59. The van der Waals surface area contributed by atoms with E-state index in [9.17, 15) is 15.0 Å². The smallest absolute Gasteiger partial charge is 0.219 e. The highest BCUT2D eigenvalue weighted by atomic mass is 16.5. The molecule has 4 rings (SSSR count). The maximum atomic E-state index is 11.6. The number of aliphatic hydroxyl groups excluding tert-OH is 1. The highest BCUT2D eigenvalue weighted by Gasteiger charge is 2.61. The van der Waals surface area contributed by atoms with Crippen molar-refractivity contribution in [1.82, 2.24) is 5.32 Å². The van der Waals surface area contributed by atoms with Gasteiger partial charge in [-0.2, -0.15) is 0 Å². The molecule has 0 radical (unpaired) electrons. The van der Waals surface area contributed by atoms with Crippen molar-refractivity contribution in [1.29, 1.82) is 0 Å². The van der Waals surface area contributed by atoms with Gasteiger partial charge in [-0.3, -0.25) is 4.79 Å². The van der Waals surface area contributed by atoms with Crippen LogP contribution in [0.25, 0.3) is 0 Å². The van der Waals surface area contributed by atoms with Crippen molar-refractivity contribution in [2.75, 3.05) is 39.6 Å². The maximum absolute atomic E-state index is 11.6. The number of aliphatic hydroxyl groups is 2. The van der Waals surface area contributed by atoms with E-state index in [0.29, 0.717) is 92.7 Å². The fourth-order valence-electron chi connectivity index (χ4n) is 9.82. The standard InChI is InChI=1S/C36H63NO6/c1-7-32(39)37-17-18-41-19-20-42-21-22-43-27-12-15-35(5)26(23-27)24-31(38)33-29-11-10-28(36(29,6)16-13-30(33)35)25(2)9-8-14-34(3,4)40/h24-30,33,38,40H,7-23H2,1-6H3,(H,37,39)/t25-,26?,27+,28-,29+,30+,33+,35+,36-/m1/s1. The fourth-order valence-corrected chi connectivity index (χ4v) is 9.82. The molecule has 7 heteroatoms. The molecule has 1 amide bonds. The number of carbonyl (C=O) groups excluding carboxylic acids is 1. The summed E-state index contributed by atoms with van der Waals surface area (Å²) in [5, 5.41) is 24.6. The molecule has 248 valence electrons. The Morgan fingerprint density at radius 2 is 1.70 bits per heavy atom. The summed E-state index contributed by atoms with van der Waals surface area (Å²) < 4.78 is 17.5. The van der Waals surface area contributed by atoms with Crippen LogP contribution in [0.15, 0.2) is 11.8 Å². The number of nitrogens with one attached hydrogen (secondary N) is 1. The molecule has 4 aliphatic carbocycles. The first-order chi connectivity index (χ1) is 20.4. The maximum Gasteiger partial charge on any atom is 0.219 e. The van der Waals surface area contributed by atoms with Crippen LogP contribution in [0.4, 0.5) is 0 Å². The molecule has 0 aromatic heterocycles. The molecular formula is C36H63NO6. The lowest BCUT2D eigenvalue weighted by atomic mass is 9.45. The molecule has 3 fully saturated rings. The molecular weight excluding hydrogens is 542 g/mol. The third-order valence-electron chi connectivity index (χ3n) is 12.3. The van der Waals surface area contributed by atoms with Gasteiger partial charge in [-0.05, 0) is 112 Å². The summed E-state index contributed by atoms with van der Waals surface area (Å²) in [5.41, 5.74) is -0.0379. The van der Waals surface area contributed by atoms with Crippen LogP contribution < -0.4 is 5.32 Å². The lowest BCUT2D eigenvalue weighted by Crippen LogP contribution is -2.54. The van der Waals surface area contributed by atoms with E-state index in [1.807, 2.05) is 20.8 Å². The van der Waals surface area contributed by atoms with Gasteiger partial charge in [0.15, 0.2) is 0 Å². The van der Waals surface area contributed by atoms with Crippen LogP contribution in [0.5, 0.6) is 0 Å². The van der Waals surface area contributed by atoms with Crippen molar-refractivity contribution in [3.8, 4) is 0 Å². The van der Waals surface area contributed by atoms with Gasteiger partial charge < -0.3 is 29.7 Å². The number of rotatable bonds is 16. The van der Waals surface area contributed by atoms with Crippen LogP contribution in [-0.4, -0.2) is 67.4 Å². The van der Waals surface area contributed by atoms with E-state index in [1.165, 1.54) is 32.1 Å². The zero-order chi connectivity index (χ0) is 31.3. The highest BCUT2D eigenvalue weighted by molar-refractivity contribution is 5.75. The van der Waals surface area contributed by atoms with E-state index in [0.717, 1.165) is 32.1 Å². The van der Waals surface area contributed by atoms with Crippen molar-refractivity contribution in [3.05, 3.63) is 11.8 Å². The quantitative estimate of drug-likeness (QED) is 0.167. The Balaban J connectivity index is 1.23. The third-order valence-corrected chi connectivity index (χ3v) is 12.3. The van der Waals surface area contributed by atoms with Gasteiger partial charge in [0.1, 0.15) is 0 Å². The topological polar surface area (TPSA) is 97.3 Å². The van der Waals surface area contributed by atoms with Gasteiger partial charge >= 0.3 is 0 Å². The van der Waals surface area contributed by atoms with E-state index in [4.69, 9.17) is 14.2 Å². The van der Waals surface area contributed by atoms with E-state index in [-0.39, 0.29) is 17.4 Å². The number of ether oxygens (including phenoxy) is 3. The van der Waals surface area contributed by atoms with Gasteiger partial charge in [0, 0.05) is 18.9 Å². The Hall–Kier alpha value is -1.15. The van der Waals surface area contributed by atoms with Crippen molar-refractivity contribution in [2.24, 2.45) is 46.3 Å². The van der Waals surface area contributed by atoms with Gasteiger partial charge in [0.05, 0.1) is 50.5 Å². The molecule has 0 saturated heterocycles. The second-order valence-electron chi connectivity index (χ2n) is 15.5. The van der Waals surface area contributed by atoms with Gasteiger partial charge in [-0.15, -0.1) is 0 Å². The van der Waals surface area contributed by atoms with Crippen molar-refractivity contribution in [2.45, 2.75) is 124 Å². The zero-order valence-corrected chi connectivity index (χ0v) is 28.2. The number of fused-ring (bicyclic) bond motifs is 5. The molecule has 7 nitrogen and oxygen atoms in total. The first-order valence-corrected chi connectivity index (χ1v) is 17.6. The monoisotopic (exact) mass is 605 g/mol. The Morgan fingerprint density at radius 3 is 2.42 bits per heavy atom. The SMILES string of the molecule is CCC(=O)NCCOCCOCCO[C@H]1CC[C@@]2(C)C(C=C(O)[C@H]3[C@@H]4CC[C@H]([C@H](C)CCCC(C)(C)O)[C@@]4(C)CC[C@@H]32)C1. The van der Waals surface area contributed by atoms with Crippen LogP contribution >= 0.6 is 0 Å². The van der Waals surface area contributed by atoms with Crippen molar-refractivity contribution < 1.29 is 29.2 Å². The molecule has 0 aromatic carbocycles. The number of hydrogen-bond donors (Lipinski definition) is 3. The average molecular weight is 606 g/mol. The summed E-state index contributed by atoms with van der Waals surface area (Å²) in [5.74, 6) is 3.92. The molecule has 4 aliphatic rings. The molecule has 0 aromatic rings. The van der Waals surface area contributed by atoms with Gasteiger partial charge in [-0.25, -0.2) is 0 Å². The molecule has 3 N–H and O–H groups in total. The molecule has 3 saturated carbocycles. The van der Waals surface area contributed by atoms with Crippen LogP contribution in [0, 0.1) is 46.3 Å². The first kappa shape index (κ1) is 34.7. The minimum Gasteiger partial charge on any atom is -0.512 e. The van der Waals surface area contributed by atoms with Crippen molar-refractivity contribution in [3.63, 3.8) is 0 Å². The van der Waals surface area contributed by atoms with Gasteiger partial charge in [0.2, 0.25) is 5.91 Å². The summed E-state index contributed by atoms with van der Waals surface area (Å²) in [4.78, 5) is 11.2. The zero-order valence-electron chi connectivity index (χ0n) is 28.2. The molecule has 0 aliphatic heterocycles. The molecule has 1 unspecified atom stereocenters. The third kappa shape index (κ3) is 8.37. The molecule has 0 bridgehead atoms. The van der Waals surface area contributed by atoms with E-state index in [1.54, 1.807) is 0 Å². The summed E-state index contributed by atoms with van der Waals surface area (Å²) in [6.45, 7) is 16.4. The summed E-state index contributed by atoms with van der Waals surface area (Å²) in [6, 6.07) is 0. The lowest BCUT2D eigenvalue weighted by molar-refractivity contribution is -0.121. The second kappa shape index (κ2) is 15.0.